The van der Waals surface area contributed by atoms with Crippen LogP contribution < -0.4 is 10.6 Å². The minimum absolute atomic E-state index is 0.247. The lowest BCUT2D eigenvalue weighted by Crippen LogP contribution is -2.42. The molecule has 0 aromatic carbocycles. The third kappa shape index (κ3) is 4.48. The van der Waals surface area contributed by atoms with Crippen LogP contribution in [0.15, 0.2) is 18.5 Å². The van der Waals surface area contributed by atoms with E-state index in [0.717, 1.165) is 0 Å². The first-order valence-corrected chi connectivity index (χ1v) is 6.18. The molecule has 0 aliphatic carbocycles. The molecule has 0 aliphatic rings. The number of aliphatic hydroxyl groups is 1. The van der Waals surface area contributed by atoms with Crippen molar-refractivity contribution in [2.24, 2.45) is 0 Å². The molecule has 0 bridgehead atoms. The summed E-state index contributed by atoms with van der Waals surface area (Å²) in [6.45, 7) is 5.05. The van der Waals surface area contributed by atoms with Gasteiger partial charge < -0.3 is 15.7 Å². The summed E-state index contributed by atoms with van der Waals surface area (Å²) < 4.78 is 13.5. The van der Waals surface area contributed by atoms with Crippen LogP contribution in [0.3, 0.4) is 0 Å². The fraction of sp³-hybridized carbons (Fsp3) is 0.538. The van der Waals surface area contributed by atoms with Gasteiger partial charge in [-0.2, -0.15) is 0 Å². The SMILES string of the molecule is CCNc1ccncc1C(=O)NC[C@@H](F)C(C)(C)O. The van der Waals surface area contributed by atoms with Crippen LogP contribution in [0.25, 0.3) is 0 Å². The molecule has 1 heterocycles. The van der Waals surface area contributed by atoms with Crippen LogP contribution in [0.4, 0.5) is 10.1 Å². The highest BCUT2D eigenvalue weighted by Crippen LogP contribution is 2.14. The summed E-state index contributed by atoms with van der Waals surface area (Å²) in [5, 5.41) is 14.9. The van der Waals surface area contributed by atoms with E-state index in [1.165, 1.54) is 20.0 Å². The van der Waals surface area contributed by atoms with Crippen LogP contribution in [0.5, 0.6) is 0 Å². The fourth-order valence-corrected chi connectivity index (χ4v) is 1.45. The largest absolute Gasteiger partial charge is 0.387 e. The normalized spacial score (nSPS) is 12.9. The number of pyridine rings is 1. The molecule has 0 spiro atoms. The lowest BCUT2D eigenvalue weighted by molar-refractivity contribution is -0.00177. The molecule has 0 saturated heterocycles. The molecule has 5 nitrogen and oxygen atoms in total. The van der Waals surface area contributed by atoms with Crippen molar-refractivity contribution in [3.63, 3.8) is 0 Å². The molecule has 1 aromatic heterocycles. The number of halogens is 1. The molecule has 1 aromatic rings. The number of nitrogens with one attached hydrogen (secondary N) is 2. The second-order valence-electron chi connectivity index (χ2n) is 4.78. The standard InChI is InChI=1S/C13H20FN3O2/c1-4-16-10-5-6-15-7-9(10)12(18)17-8-11(14)13(2,3)19/h5-7,11,19H,4,8H2,1-3H3,(H,15,16)(H,17,18)/t11-/m1/s1. The van der Waals surface area contributed by atoms with Gasteiger partial charge in [-0.15, -0.1) is 0 Å². The number of hydrogen-bond acceptors (Lipinski definition) is 4. The Hall–Kier alpha value is -1.69. The quantitative estimate of drug-likeness (QED) is 0.729. The monoisotopic (exact) mass is 269 g/mol. The van der Waals surface area contributed by atoms with Crippen LogP contribution in [-0.4, -0.2) is 40.9 Å². The number of alkyl halides is 1. The third-order valence-corrected chi connectivity index (χ3v) is 2.64. The number of carbonyl (C=O) groups is 1. The lowest BCUT2D eigenvalue weighted by atomic mass is 10.0. The molecule has 6 heteroatoms. The van der Waals surface area contributed by atoms with Gasteiger partial charge in [0, 0.05) is 18.9 Å². The van der Waals surface area contributed by atoms with Gasteiger partial charge in [0.2, 0.25) is 0 Å². The average Bonchev–Trinajstić information content (AvgIpc) is 2.35. The van der Waals surface area contributed by atoms with Gasteiger partial charge in [0.25, 0.3) is 5.91 Å². The number of carbonyl (C=O) groups excluding carboxylic acids is 1. The first-order chi connectivity index (χ1) is 8.86. The van der Waals surface area contributed by atoms with Gasteiger partial charge in [0.05, 0.1) is 23.4 Å². The van der Waals surface area contributed by atoms with E-state index in [1.54, 1.807) is 12.3 Å². The van der Waals surface area contributed by atoms with E-state index in [2.05, 4.69) is 15.6 Å². The maximum atomic E-state index is 13.5. The van der Waals surface area contributed by atoms with Crippen molar-refractivity contribution in [3.05, 3.63) is 24.0 Å². The number of rotatable bonds is 6. The maximum absolute atomic E-state index is 13.5. The molecule has 0 unspecified atom stereocenters. The van der Waals surface area contributed by atoms with Crippen molar-refractivity contribution >= 4 is 11.6 Å². The van der Waals surface area contributed by atoms with Crippen molar-refractivity contribution in [2.45, 2.75) is 32.5 Å². The summed E-state index contributed by atoms with van der Waals surface area (Å²) in [5.74, 6) is -0.420. The van der Waals surface area contributed by atoms with Crippen molar-refractivity contribution in [3.8, 4) is 0 Å². The number of amides is 1. The highest BCUT2D eigenvalue weighted by Gasteiger charge is 2.27. The van der Waals surface area contributed by atoms with Crippen molar-refractivity contribution in [2.75, 3.05) is 18.4 Å². The summed E-state index contributed by atoms with van der Waals surface area (Å²) in [6.07, 6.45) is 1.46. The molecule has 0 saturated carbocycles. The lowest BCUT2D eigenvalue weighted by Gasteiger charge is -2.22. The molecule has 0 radical (unpaired) electrons. The van der Waals surface area contributed by atoms with E-state index < -0.39 is 17.7 Å². The molecular formula is C13H20FN3O2. The van der Waals surface area contributed by atoms with Crippen molar-refractivity contribution in [1.82, 2.24) is 10.3 Å². The first-order valence-electron chi connectivity index (χ1n) is 6.18. The Balaban J connectivity index is 2.69. The summed E-state index contributed by atoms with van der Waals surface area (Å²) in [4.78, 5) is 15.8. The van der Waals surface area contributed by atoms with E-state index in [-0.39, 0.29) is 6.54 Å². The Labute approximate surface area is 112 Å². The summed E-state index contributed by atoms with van der Waals surface area (Å²) >= 11 is 0. The first kappa shape index (κ1) is 15.4. The van der Waals surface area contributed by atoms with Gasteiger partial charge in [0.15, 0.2) is 0 Å². The summed E-state index contributed by atoms with van der Waals surface area (Å²) in [6, 6.07) is 1.68. The number of aromatic nitrogens is 1. The zero-order chi connectivity index (χ0) is 14.5. The third-order valence-electron chi connectivity index (χ3n) is 2.64. The molecular weight excluding hydrogens is 249 g/mol. The molecule has 0 fully saturated rings. The van der Waals surface area contributed by atoms with Crippen LogP contribution >= 0.6 is 0 Å². The smallest absolute Gasteiger partial charge is 0.255 e. The fourth-order valence-electron chi connectivity index (χ4n) is 1.45. The number of nitrogens with zero attached hydrogens (tertiary/aromatic N) is 1. The van der Waals surface area contributed by atoms with E-state index in [9.17, 15) is 14.3 Å². The van der Waals surface area contributed by atoms with Gasteiger partial charge in [-0.1, -0.05) is 0 Å². The second kappa shape index (κ2) is 6.47. The van der Waals surface area contributed by atoms with Gasteiger partial charge in [-0.3, -0.25) is 9.78 Å². The topological polar surface area (TPSA) is 74.2 Å². The molecule has 1 rings (SSSR count). The second-order valence-corrected chi connectivity index (χ2v) is 4.78. The summed E-state index contributed by atoms with van der Waals surface area (Å²) in [7, 11) is 0. The highest BCUT2D eigenvalue weighted by molar-refractivity contribution is 5.99. The van der Waals surface area contributed by atoms with Crippen molar-refractivity contribution in [1.29, 1.82) is 0 Å². The van der Waals surface area contributed by atoms with E-state index in [4.69, 9.17) is 0 Å². The molecule has 19 heavy (non-hydrogen) atoms. The Morgan fingerprint density at radius 3 is 2.84 bits per heavy atom. The molecule has 106 valence electrons. The van der Waals surface area contributed by atoms with Gasteiger partial charge in [0.1, 0.15) is 6.17 Å². The Morgan fingerprint density at radius 1 is 1.58 bits per heavy atom. The minimum atomic E-state index is -1.53. The number of anilines is 1. The van der Waals surface area contributed by atoms with Gasteiger partial charge >= 0.3 is 0 Å². The Bertz CT molecular complexity index is 432. The van der Waals surface area contributed by atoms with E-state index in [1.807, 2.05) is 6.92 Å². The van der Waals surface area contributed by atoms with E-state index in [0.29, 0.717) is 17.8 Å². The molecule has 0 aliphatic heterocycles. The predicted octanol–water partition coefficient (Wildman–Crippen LogP) is 1.35. The minimum Gasteiger partial charge on any atom is -0.387 e. The summed E-state index contributed by atoms with van der Waals surface area (Å²) in [5.41, 5.74) is -0.479. The molecule has 1 atom stereocenters. The van der Waals surface area contributed by atoms with Crippen LogP contribution in [0.2, 0.25) is 0 Å². The van der Waals surface area contributed by atoms with Gasteiger partial charge in [-0.05, 0) is 26.8 Å². The molecule has 1 amide bonds. The Morgan fingerprint density at radius 2 is 2.26 bits per heavy atom. The van der Waals surface area contributed by atoms with E-state index >= 15 is 0 Å². The number of hydrogen-bond donors (Lipinski definition) is 3. The maximum Gasteiger partial charge on any atom is 0.255 e. The highest BCUT2D eigenvalue weighted by atomic mass is 19.1. The van der Waals surface area contributed by atoms with Crippen LogP contribution in [0, 0.1) is 0 Å². The van der Waals surface area contributed by atoms with Crippen LogP contribution in [-0.2, 0) is 0 Å². The molecule has 3 N–H and O–H groups in total. The zero-order valence-electron chi connectivity index (χ0n) is 11.4. The zero-order valence-corrected chi connectivity index (χ0v) is 11.4. The van der Waals surface area contributed by atoms with Crippen LogP contribution in [0.1, 0.15) is 31.1 Å². The van der Waals surface area contributed by atoms with Crippen molar-refractivity contribution < 1.29 is 14.3 Å². The van der Waals surface area contributed by atoms with Gasteiger partial charge in [-0.25, -0.2) is 4.39 Å². The average molecular weight is 269 g/mol. The predicted molar refractivity (Wildman–Crippen MR) is 71.9 cm³/mol. The Kier molecular flexibility index (Phi) is 5.23.